The molecule has 16 nitrogen and oxygen atoms in total. The maximum atomic E-state index is 15.8. The zero-order chi connectivity index (χ0) is 57.3. The van der Waals surface area contributed by atoms with Crippen molar-refractivity contribution in [3.8, 4) is 0 Å². The van der Waals surface area contributed by atoms with Crippen molar-refractivity contribution in [1.29, 1.82) is 0 Å². The second-order valence-electron chi connectivity index (χ2n) is 24.0. The molecule has 5 N–H and O–H groups in total. The number of benzene rings is 4. The Kier molecular flexibility index (Phi) is 19.6. The van der Waals surface area contributed by atoms with Crippen molar-refractivity contribution in [3.63, 3.8) is 0 Å². The fourth-order valence-corrected chi connectivity index (χ4v) is 11.1. The first-order valence-corrected chi connectivity index (χ1v) is 28.1. The summed E-state index contributed by atoms with van der Waals surface area (Å²) in [5.41, 5.74) is 4.38. The number of amides is 7. The van der Waals surface area contributed by atoms with Gasteiger partial charge in [-0.25, -0.2) is 0 Å². The van der Waals surface area contributed by atoms with E-state index in [4.69, 9.17) is 4.74 Å². The molecule has 0 bridgehead atoms. The van der Waals surface area contributed by atoms with E-state index < -0.39 is 64.9 Å². The average Bonchev–Trinajstić information content (AvgIpc) is 4.00. The number of nitrogens with zero attached hydrogens (tertiary/aromatic N) is 3. The Morgan fingerprint density at radius 1 is 0.722 bits per heavy atom. The number of methoxy groups -OCH3 is 1. The molecule has 2 unspecified atom stereocenters. The normalized spacial score (nSPS) is 20.0. The molecule has 1 saturated heterocycles. The Morgan fingerprint density at radius 2 is 1.34 bits per heavy atom. The van der Waals surface area contributed by atoms with Gasteiger partial charge in [-0.3, -0.25) is 33.6 Å². The van der Waals surface area contributed by atoms with E-state index in [1.54, 1.807) is 49.1 Å². The zero-order valence-electron chi connectivity index (χ0n) is 48.2. The van der Waals surface area contributed by atoms with Crippen LogP contribution in [0, 0.1) is 16.7 Å². The molecule has 7 amide bonds. The molecule has 1 fully saturated rings. The van der Waals surface area contributed by atoms with Crippen LogP contribution in [0.3, 0.4) is 0 Å². The minimum absolute atomic E-state index is 0.0167. The first-order valence-electron chi connectivity index (χ1n) is 28.1. The van der Waals surface area contributed by atoms with Gasteiger partial charge in [0.15, 0.2) is 0 Å². The Balaban J connectivity index is 1.19. The van der Waals surface area contributed by atoms with Crippen molar-refractivity contribution >= 4 is 41.4 Å². The highest BCUT2D eigenvalue weighted by Gasteiger charge is 2.47. The number of likely N-dealkylation sites (N-methyl/N-ethyl adjacent to an activating group) is 1. The number of rotatable bonds is 19. The number of aryl methyl sites for hydroxylation is 1. The lowest BCUT2D eigenvalue weighted by Crippen LogP contribution is -2.61. The van der Waals surface area contributed by atoms with Crippen LogP contribution >= 0.6 is 0 Å². The molecular formula is C63H84N8O8. The second-order valence-corrected chi connectivity index (χ2v) is 24.0. The highest BCUT2D eigenvalue weighted by molar-refractivity contribution is 5.97. The molecule has 2 heterocycles. The molecule has 16 heteroatoms. The Labute approximate surface area is 467 Å². The van der Waals surface area contributed by atoms with Gasteiger partial charge in [0, 0.05) is 50.7 Å². The van der Waals surface area contributed by atoms with Crippen molar-refractivity contribution < 1.29 is 38.3 Å². The molecule has 4 aromatic carbocycles. The third kappa shape index (κ3) is 14.3. The summed E-state index contributed by atoms with van der Waals surface area (Å²) in [6.45, 7) is 17.1. The quantitative estimate of drug-likeness (QED) is 0.0659. The first kappa shape index (κ1) is 59.7. The zero-order valence-corrected chi connectivity index (χ0v) is 48.2. The molecule has 7 rings (SSSR count). The molecule has 424 valence electrons. The second kappa shape index (κ2) is 25.9. The minimum Gasteiger partial charge on any atom is -0.382 e. The van der Waals surface area contributed by atoms with Gasteiger partial charge in [0.25, 0.3) is 5.91 Å². The third-order valence-electron chi connectivity index (χ3n) is 16.1. The van der Waals surface area contributed by atoms with E-state index in [-0.39, 0.29) is 80.6 Å². The lowest BCUT2D eigenvalue weighted by molar-refractivity contribution is -0.153. The van der Waals surface area contributed by atoms with E-state index in [0.29, 0.717) is 17.5 Å². The van der Waals surface area contributed by atoms with Gasteiger partial charge in [0.2, 0.25) is 35.4 Å². The van der Waals surface area contributed by atoms with Crippen LogP contribution < -0.4 is 26.6 Å². The Hall–Kier alpha value is -6.91. The van der Waals surface area contributed by atoms with Crippen molar-refractivity contribution in [2.75, 3.05) is 27.3 Å². The monoisotopic (exact) mass is 1080 g/mol. The average molecular weight is 1080 g/mol. The van der Waals surface area contributed by atoms with Gasteiger partial charge in [-0.1, -0.05) is 146 Å². The van der Waals surface area contributed by atoms with Crippen LogP contribution in [0.25, 0.3) is 0 Å². The number of ether oxygens (including phenoxy) is 1. The molecule has 2 aliphatic heterocycles. The summed E-state index contributed by atoms with van der Waals surface area (Å²) in [5, 5.41) is 15.3. The van der Waals surface area contributed by atoms with Crippen molar-refractivity contribution in [1.82, 2.24) is 41.3 Å². The number of fused-ring (bicyclic) bond motifs is 2. The van der Waals surface area contributed by atoms with Crippen molar-refractivity contribution in [2.45, 2.75) is 162 Å². The highest BCUT2D eigenvalue weighted by atomic mass is 16.5. The van der Waals surface area contributed by atoms with Gasteiger partial charge in [-0.15, -0.1) is 0 Å². The van der Waals surface area contributed by atoms with Crippen LogP contribution in [-0.4, -0.2) is 120 Å². The summed E-state index contributed by atoms with van der Waals surface area (Å²) in [5.74, 6) is -2.79. The van der Waals surface area contributed by atoms with E-state index >= 15 is 9.59 Å². The summed E-state index contributed by atoms with van der Waals surface area (Å²) in [6, 6.07) is 26.5. The molecule has 0 saturated carbocycles. The number of likely N-dealkylation sites (tertiary alicyclic amines) is 1. The summed E-state index contributed by atoms with van der Waals surface area (Å²) in [7, 11) is 3.24. The largest absolute Gasteiger partial charge is 0.382 e. The molecule has 4 aromatic rings. The Bertz CT molecular complexity index is 2830. The lowest BCUT2D eigenvalue weighted by Gasteiger charge is -2.44. The maximum absolute atomic E-state index is 15.8. The van der Waals surface area contributed by atoms with Crippen molar-refractivity contribution in [3.05, 3.63) is 142 Å². The molecular weight excluding hydrogens is 997 g/mol. The predicted octanol–water partition coefficient (Wildman–Crippen LogP) is 6.97. The molecule has 0 radical (unpaired) electrons. The van der Waals surface area contributed by atoms with Crippen LogP contribution in [0.4, 0.5) is 0 Å². The molecule has 1 aliphatic carbocycles. The van der Waals surface area contributed by atoms with E-state index in [9.17, 15) is 24.0 Å². The van der Waals surface area contributed by atoms with Crippen LogP contribution in [0.5, 0.6) is 0 Å². The Morgan fingerprint density at radius 3 is 1.99 bits per heavy atom. The van der Waals surface area contributed by atoms with Gasteiger partial charge in [-0.2, -0.15) is 0 Å². The first-order chi connectivity index (χ1) is 37.5. The fraction of sp³-hybridized carbons (Fsp3) is 0.508. The van der Waals surface area contributed by atoms with Gasteiger partial charge < -0.3 is 46.0 Å². The summed E-state index contributed by atoms with van der Waals surface area (Å²) in [6.07, 6.45) is 3.50. The minimum atomic E-state index is -0.986. The number of hydrogen-bond acceptors (Lipinski definition) is 9. The summed E-state index contributed by atoms with van der Waals surface area (Å²) >= 11 is 0. The smallest absolute Gasteiger partial charge is 0.251 e. The molecule has 0 spiro atoms. The topological polar surface area (TPSA) is 199 Å². The molecule has 79 heavy (non-hydrogen) atoms. The lowest BCUT2D eigenvalue weighted by atomic mass is 9.83. The number of nitrogens with one attached hydrogen (secondary N) is 5. The molecule has 3 aliphatic rings. The van der Waals surface area contributed by atoms with Gasteiger partial charge in [-0.05, 0) is 102 Å². The van der Waals surface area contributed by atoms with E-state index in [1.165, 1.54) is 10.5 Å². The maximum Gasteiger partial charge on any atom is 0.251 e. The summed E-state index contributed by atoms with van der Waals surface area (Å²) < 4.78 is 5.85. The standard InChI is InChI=1S/C63H84N8O8/c1-12-39(2)55(72)67-53(62(4,5)6)60(77)70-36-46-27-17-16-26-44(46)33-51(70)59(76)69(52(38-79-11)43-24-14-13-15-25-43)35-41-22-20-29-45(32-41)57(74)65-47-34-50(58(75)66-49-31-21-28-42-23-18-19-30-48(42)49)71(37-47)61(78)54(63(7,8)9)68-56(73)40(3)64-10/h13-20,22-27,29-30,32,39-40,47,49-54,64H,12,21,28,31,33-38H2,1-11H3,(H,65,74)(H,66,75)(H,67,72)(H,68,73)/t39-,40+,47?,49?,50+,51+,52+,53-,54-/m1/s1. The van der Waals surface area contributed by atoms with Crippen molar-refractivity contribution in [2.24, 2.45) is 16.7 Å². The fourth-order valence-electron chi connectivity index (χ4n) is 11.1. The third-order valence-corrected chi connectivity index (χ3v) is 16.1. The van der Waals surface area contributed by atoms with Gasteiger partial charge in [0.1, 0.15) is 24.2 Å². The van der Waals surface area contributed by atoms with Crippen LogP contribution in [0.2, 0.25) is 0 Å². The van der Waals surface area contributed by atoms with Crippen LogP contribution in [0.1, 0.15) is 144 Å². The van der Waals surface area contributed by atoms with E-state index in [2.05, 4.69) is 32.7 Å². The van der Waals surface area contributed by atoms with Crippen LogP contribution in [0.15, 0.2) is 103 Å². The number of carbonyl (C=O) groups is 7. The molecule has 9 atom stereocenters. The van der Waals surface area contributed by atoms with Gasteiger partial charge >= 0.3 is 0 Å². The highest BCUT2D eigenvalue weighted by Crippen LogP contribution is 2.35. The summed E-state index contributed by atoms with van der Waals surface area (Å²) in [4.78, 5) is 107. The van der Waals surface area contributed by atoms with Crippen LogP contribution in [-0.2, 0) is 59.4 Å². The number of carbonyl (C=O) groups excluding carboxylic acids is 7. The van der Waals surface area contributed by atoms with E-state index in [1.807, 2.05) is 134 Å². The van der Waals surface area contributed by atoms with E-state index in [0.717, 1.165) is 41.5 Å². The predicted molar refractivity (Wildman–Crippen MR) is 305 cm³/mol. The SMILES string of the molecule is CC[C@@H](C)C(=O)N[C@H](C(=O)N1Cc2ccccc2C[C@H]1C(=O)N(Cc1cccc(C(=O)NC2C[C@@H](C(=O)NC3CCCc4ccccc43)N(C(=O)[C@@H](NC(=O)[C@H](C)NC)C(C)(C)C)C2)c1)[C@@H](COC)c1ccccc1)C(C)(C)C. The number of hydrogen-bond donors (Lipinski definition) is 5. The van der Waals surface area contributed by atoms with Gasteiger partial charge in [0.05, 0.1) is 24.7 Å². The molecule has 0 aromatic heterocycles.